The molecule has 0 spiro atoms. The van der Waals surface area contributed by atoms with E-state index in [9.17, 15) is 29.7 Å². The van der Waals surface area contributed by atoms with Crippen LogP contribution in [0.3, 0.4) is 0 Å². The van der Waals surface area contributed by atoms with Crippen LogP contribution in [0.5, 0.6) is 0 Å². The second-order valence-electron chi connectivity index (χ2n) is 7.86. The summed E-state index contributed by atoms with van der Waals surface area (Å²) < 4.78 is 0. The molecule has 1 aromatic rings. The van der Waals surface area contributed by atoms with Gasteiger partial charge >= 0.3 is 0 Å². The van der Waals surface area contributed by atoms with Crippen LogP contribution >= 0.6 is 23.1 Å². The highest BCUT2D eigenvalue weighted by Crippen LogP contribution is 2.51. The van der Waals surface area contributed by atoms with Crippen LogP contribution in [0.25, 0.3) is 0 Å². The van der Waals surface area contributed by atoms with Gasteiger partial charge in [-0.1, -0.05) is 6.92 Å². The van der Waals surface area contributed by atoms with Crippen LogP contribution in [0, 0.1) is 11.8 Å². The monoisotopic (exact) mass is 451 g/mol. The minimum absolute atomic E-state index is 0.0552. The number of carboxylic acids is 2. The number of anilines is 1. The largest absolute Gasteiger partial charge is 0.543 e. The van der Waals surface area contributed by atoms with Gasteiger partial charge in [-0.15, -0.1) is 23.1 Å². The van der Waals surface area contributed by atoms with Crippen molar-refractivity contribution in [3.63, 3.8) is 0 Å². The third-order valence-corrected chi connectivity index (χ3v) is 8.53. The molecule has 0 aliphatic carbocycles. The first kappa shape index (κ1) is 21.1. The van der Waals surface area contributed by atoms with Crippen LogP contribution in [0.1, 0.15) is 37.2 Å². The molecule has 4 atom stereocenters. The number of hydrogen-bond donors (Lipinski definition) is 1. The quantitative estimate of drug-likeness (QED) is 0.541. The minimum atomic E-state index is -1.36. The number of aromatic carboxylic acids is 1. The normalized spacial score (nSPS) is 27.8. The number of fused-ring (bicyclic) bond motifs is 1. The van der Waals surface area contributed by atoms with Crippen LogP contribution in [0.4, 0.5) is 5.13 Å². The second kappa shape index (κ2) is 7.86. The first-order valence-corrected chi connectivity index (χ1v) is 11.5. The molecular formula is C19H21N3O6S2-2. The molecule has 1 amide bonds. The molecule has 4 heterocycles. The van der Waals surface area contributed by atoms with Crippen molar-refractivity contribution in [2.24, 2.45) is 11.8 Å². The fraction of sp³-hybridized carbons (Fsp3) is 0.579. The van der Waals surface area contributed by atoms with E-state index in [1.165, 1.54) is 33.4 Å². The number of aliphatic hydroxyl groups excluding tert-OH is 1. The maximum atomic E-state index is 12.4. The Morgan fingerprint density at radius 3 is 2.50 bits per heavy atom. The third kappa shape index (κ3) is 3.38. The van der Waals surface area contributed by atoms with Gasteiger partial charge in [0.1, 0.15) is 0 Å². The molecule has 30 heavy (non-hydrogen) atoms. The van der Waals surface area contributed by atoms with Crippen molar-refractivity contribution < 1.29 is 29.7 Å². The number of nitrogens with zero attached hydrogens (tertiary/aromatic N) is 3. The van der Waals surface area contributed by atoms with Gasteiger partial charge in [-0.3, -0.25) is 4.79 Å². The zero-order valence-electron chi connectivity index (χ0n) is 16.4. The predicted molar refractivity (Wildman–Crippen MR) is 106 cm³/mol. The van der Waals surface area contributed by atoms with Crippen LogP contribution < -0.4 is 15.1 Å². The number of rotatable bonds is 6. The van der Waals surface area contributed by atoms with E-state index in [2.05, 4.69) is 4.98 Å². The molecule has 0 bridgehead atoms. The van der Waals surface area contributed by atoms with Crippen molar-refractivity contribution in [3.8, 4) is 0 Å². The lowest BCUT2D eigenvalue weighted by atomic mass is 9.79. The molecule has 9 nitrogen and oxygen atoms in total. The number of hydrogen-bond acceptors (Lipinski definition) is 10. The first-order chi connectivity index (χ1) is 14.2. The third-order valence-electron chi connectivity index (χ3n) is 6.01. The molecule has 0 unspecified atom stereocenters. The summed E-state index contributed by atoms with van der Waals surface area (Å²) >= 11 is 2.74. The highest BCUT2D eigenvalue weighted by Gasteiger charge is 2.58. The van der Waals surface area contributed by atoms with Crippen molar-refractivity contribution in [2.75, 3.05) is 18.0 Å². The number of amides is 1. The number of aliphatic carboxylic acids is 1. The van der Waals surface area contributed by atoms with Gasteiger partial charge in [0.25, 0.3) is 0 Å². The van der Waals surface area contributed by atoms with Crippen LogP contribution in [-0.2, 0) is 9.59 Å². The van der Waals surface area contributed by atoms with Crippen molar-refractivity contribution in [1.82, 2.24) is 9.88 Å². The smallest absolute Gasteiger partial charge is 0.235 e. The fourth-order valence-electron chi connectivity index (χ4n) is 4.52. The molecule has 0 saturated carbocycles. The molecule has 162 valence electrons. The van der Waals surface area contributed by atoms with Crippen LogP contribution in [-0.4, -0.2) is 63.3 Å². The predicted octanol–water partition coefficient (Wildman–Crippen LogP) is -0.972. The van der Waals surface area contributed by atoms with E-state index >= 15 is 0 Å². The van der Waals surface area contributed by atoms with Gasteiger partial charge in [-0.2, -0.15) is 0 Å². The molecule has 2 fully saturated rings. The van der Waals surface area contributed by atoms with Gasteiger partial charge in [-0.05, 0) is 19.8 Å². The van der Waals surface area contributed by atoms with Gasteiger partial charge in [-0.25, -0.2) is 4.98 Å². The number of piperidine rings is 1. The minimum Gasteiger partial charge on any atom is -0.543 e. The second-order valence-corrected chi connectivity index (χ2v) is 10.0. The lowest BCUT2D eigenvalue weighted by Gasteiger charge is -2.47. The number of thiazole rings is 1. The molecule has 3 aliphatic rings. The van der Waals surface area contributed by atoms with E-state index in [4.69, 9.17) is 0 Å². The molecular weight excluding hydrogens is 430 g/mol. The number of β-lactam (4-membered cyclic amide) rings is 1. The lowest BCUT2D eigenvalue weighted by molar-refractivity contribution is -0.301. The summed E-state index contributed by atoms with van der Waals surface area (Å²) in [5.74, 6) is -3.78. The summed E-state index contributed by atoms with van der Waals surface area (Å²) in [5.41, 5.74) is -0.128. The number of thioether (sulfide) groups is 1. The van der Waals surface area contributed by atoms with Crippen LogP contribution in [0.15, 0.2) is 16.0 Å². The molecule has 1 aromatic heterocycles. The van der Waals surface area contributed by atoms with E-state index in [0.717, 1.165) is 12.8 Å². The number of carbonyl (C=O) groups excluding carboxylic acids is 3. The first-order valence-electron chi connectivity index (χ1n) is 9.75. The van der Waals surface area contributed by atoms with Gasteiger partial charge in [0.15, 0.2) is 5.13 Å². The molecule has 4 rings (SSSR count). The van der Waals surface area contributed by atoms with Crippen molar-refractivity contribution in [2.45, 2.75) is 44.1 Å². The average Bonchev–Trinajstić information content (AvgIpc) is 3.26. The van der Waals surface area contributed by atoms with Gasteiger partial charge < -0.3 is 34.7 Å². The summed E-state index contributed by atoms with van der Waals surface area (Å²) in [5, 5.41) is 34.9. The van der Waals surface area contributed by atoms with Crippen LogP contribution in [0.2, 0.25) is 0 Å². The summed E-state index contributed by atoms with van der Waals surface area (Å²) in [6, 6.07) is -0.341. The Balaban J connectivity index is 1.45. The summed E-state index contributed by atoms with van der Waals surface area (Å²) in [6.07, 6.45) is 0.695. The Labute approximate surface area is 181 Å². The number of carbonyl (C=O) groups is 3. The fourth-order valence-corrected chi connectivity index (χ4v) is 6.82. The Morgan fingerprint density at radius 2 is 1.97 bits per heavy atom. The number of carboxylic acid groups (broad SMARTS) is 2. The summed E-state index contributed by atoms with van der Waals surface area (Å²) in [6.45, 7) is 4.78. The molecule has 3 aliphatic heterocycles. The molecule has 11 heteroatoms. The van der Waals surface area contributed by atoms with E-state index < -0.39 is 24.0 Å². The molecule has 0 radical (unpaired) electrons. The maximum Gasteiger partial charge on any atom is 0.235 e. The molecule has 0 aromatic carbocycles. The van der Waals surface area contributed by atoms with E-state index in [1.807, 2.05) is 11.8 Å². The Bertz CT molecular complexity index is 921. The average molecular weight is 452 g/mol. The van der Waals surface area contributed by atoms with Gasteiger partial charge in [0.2, 0.25) is 5.91 Å². The van der Waals surface area contributed by atoms with E-state index in [1.54, 1.807) is 6.92 Å². The highest BCUT2D eigenvalue weighted by molar-refractivity contribution is 8.03. The molecule has 2 saturated heterocycles. The highest BCUT2D eigenvalue weighted by atomic mass is 32.2. The summed E-state index contributed by atoms with van der Waals surface area (Å²) in [4.78, 5) is 43.1. The van der Waals surface area contributed by atoms with Crippen molar-refractivity contribution in [3.05, 3.63) is 21.7 Å². The standard InChI is InChI=1S/C19H23N3O6S2/c1-8-13-12(9(2)23)16(24)22(13)14(18(27)28)15(8)30-10-3-5-21(6-4-10)19-20-11(7-29-19)17(25)26/h7-10,12-13,23H,3-6H2,1-2H3,(H,25,26)(H,27,28)/p-2/t8-,9-,12-,13-/m1/s1. The number of aliphatic hydroxyl groups is 1. The van der Waals surface area contributed by atoms with E-state index in [-0.39, 0.29) is 34.5 Å². The van der Waals surface area contributed by atoms with Crippen molar-refractivity contribution >= 4 is 46.1 Å². The Hall–Kier alpha value is -2.11. The topological polar surface area (TPSA) is 137 Å². The van der Waals surface area contributed by atoms with E-state index in [0.29, 0.717) is 23.1 Å². The van der Waals surface area contributed by atoms with Gasteiger partial charge in [0, 0.05) is 34.5 Å². The summed E-state index contributed by atoms with van der Waals surface area (Å²) in [7, 11) is 0. The maximum absolute atomic E-state index is 12.4. The van der Waals surface area contributed by atoms with Gasteiger partial charge in [0.05, 0.1) is 41.4 Å². The number of aromatic nitrogens is 1. The van der Waals surface area contributed by atoms with Crippen molar-refractivity contribution in [1.29, 1.82) is 0 Å². The zero-order chi connectivity index (χ0) is 21.7. The lowest BCUT2D eigenvalue weighted by Crippen LogP contribution is -2.64. The Kier molecular flexibility index (Phi) is 5.54. The zero-order valence-corrected chi connectivity index (χ0v) is 18.1. The Morgan fingerprint density at radius 1 is 1.30 bits per heavy atom. The SMILES string of the molecule is C[C@@H](O)[C@H]1C(=O)N2C(C(=O)[O-])=C(SC3CCN(c4nc(C(=O)[O-])cs4)CC3)[C@H](C)[C@H]12. The molecule has 1 N–H and O–H groups in total.